The maximum atomic E-state index is 12.0. The van der Waals surface area contributed by atoms with Crippen molar-refractivity contribution < 1.29 is 9.69 Å². The molecule has 1 fully saturated rings. The zero-order valence-electron chi connectivity index (χ0n) is 13.4. The molecular weight excluding hydrogens is 262 g/mol. The van der Waals surface area contributed by atoms with Crippen molar-refractivity contribution >= 4 is 11.7 Å². The molecule has 0 aromatic heterocycles. The second kappa shape index (κ2) is 7.46. The summed E-state index contributed by atoms with van der Waals surface area (Å²) in [5, 5.41) is 6.00. The van der Waals surface area contributed by atoms with Crippen molar-refractivity contribution in [3.8, 4) is 0 Å². The second-order valence-corrected chi connectivity index (χ2v) is 6.26. The fourth-order valence-corrected chi connectivity index (χ4v) is 2.74. The van der Waals surface area contributed by atoms with E-state index in [1.54, 1.807) is 4.90 Å². The maximum Gasteiger partial charge on any atom is 0.319 e. The molecule has 3 N–H and O–H groups in total. The number of urea groups is 1. The smallest absolute Gasteiger partial charge is 0.319 e. The van der Waals surface area contributed by atoms with Gasteiger partial charge >= 0.3 is 6.03 Å². The minimum absolute atomic E-state index is 0.0872. The highest BCUT2D eigenvalue weighted by atomic mass is 16.2. The molecule has 1 aliphatic heterocycles. The fourth-order valence-electron chi connectivity index (χ4n) is 2.74. The predicted octanol–water partition coefficient (Wildman–Crippen LogP) is 2.00. The van der Waals surface area contributed by atoms with E-state index in [-0.39, 0.29) is 6.03 Å². The van der Waals surface area contributed by atoms with Gasteiger partial charge in [-0.15, -0.1) is 0 Å². The Labute approximate surface area is 127 Å². The van der Waals surface area contributed by atoms with E-state index in [1.165, 1.54) is 5.56 Å². The van der Waals surface area contributed by atoms with Crippen LogP contribution in [0.5, 0.6) is 0 Å². The summed E-state index contributed by atoms with van der Waals surface area (Å²) in [6.45, 7) is 6.67. The Bertz CT molecular complexity index is 450. The lowest BCUT2D eigenvalue weighted by atomic mass is 9.99. The van der Waals surface area contributed by atoms with Gasteiger partial charge in [0, 0.05) is 24.6 Å². The molecule has 0 unspecified atom stereocenters. The first-order chi connectivity index (χ1) is 10.1. The van der Waals surface area contributed by atoms with Crippen LogP contribution in [0.25, 0.3) is 0 Å². The van der Waals surface area contributed by atoms with Gasteiger partial charge in [-0.25, -0.2) is 4.79 Å². The molecule has 21 heavy (non-hydrogen) atoms. The standard InChI is InChI=1S/C17H27N3O/c1-4-13(2)14-5-7-15(8-6-14)18-17(21)19-16-9-11-20(3)12-10-16/h5-8,13,16H,4,9-12H2,1-3H3,(H2,18,19,21)/p+1/t13-/m1/s1. The van der Waals surface area contributed by atoms with Crippen molar-refractivity contribution in [1.29, 1.82) is 0 Å². The van der Waals surface area contributed by atoms with Crippen LogP contribution in [0.15, 0.2) is 24.3 Å². The van der Waals surface area contributed by atoms with Crippen LogP contribution in [0.2, 0.25) is 0 Å². The molecule has 0 bridgehead atoms. The Morgan fingerprint density at radius 2 is 1.90 bits per heavy atom. The number of amides is 2. The molecule has 1 aliphatic rings. The van der Waals surface area contributed by atoms with Crippen LogP contribution in [-0.4, -0.2) is 32.2 Å². The van der Waals surface area contributed by atoms with Gasteiger partial charge in [0.05, 0.1) is 20.1 Å². The van der Waals surface area contributed by atoms with Gasteiger partial charge in [0.2, 0.25) is 0 Å². The molecule has 1 aromatic carbocycles. The van der Waals surface area contributed by atoms with Crippen molar-refractivity contribution in [3.05, 3.63) is 29.8 Å². The largest absolute Gasteiger partial charge is 0.337 e. The first kappa shape index (κ1) is 15.8. The van der Waals surface area contributed by atoms with Crippen LogP contribution in [0, 0.1) is 0 Å². The van der Waals surface area contributed by atoms with Gasteiger partial charge in [0.25, 0.3) is 0 Å². The van der Waals surface area contributed by atoms with Crippen LogP contribution in [0.1, 0.15) is 44.6 Å². The van der Waals surface area contributed by atoms with E-state index >= 15 is 0 Å². The van der Waals surface area contributed by atoms with E-state index in [9.17, 15) is 4.79 Å². The lowest BCUT2D eigenvalue weighted by Crippen LogP contribution is -3.10. The number of nitrogens with one attached hydrogen (secondary N) is 3. The monoisotopic (exact) mass is 290 g/mol. The van der Waals surface area contributed by atoms with Crippen LogP contribution in [0.4, 0.5) is 10.5 Å². The van der Waals surface area contributed by atoms with E-state index in [2.05, 4.69) is 43.7 Å². The van der Waals surface area contributed by atoms with E-state index in [0.29, 0.717) is 12.0 Å². The number of likely N-dealkylation sites (tertiary alicyclic amines) is 1. The predicted molar refractivity (Wildman–Crippen MR) is 86.9 cm³/mol. The first-order valence-electron chi connectivity index (χ1n) is 8.07. The molecule has 0 spiro atoms. The third kappa shape index (κ3) is 4.74. The average molecular weight is 290 g/mol. The summed E-state index contributed by atoms with van der Waals surface area (Å²) in [5.41, 5.74) is 2.18. The maximum absolute atomic E-state index is 12.0. The molecule has 0 aliphatic carbocycles. The van der Waals surface area contributed by atoms with Gasteiger partial charge in [-0.2, -0.15) is 0 Å². The Kier molecular flexibility index (Phi) is 5.62. The molecule has 0 saturated carbocycles. The zero-order valence-corrected chi connectivity index (χ0v) is 13.4. The van der Waals surface area contributed by atoms with Crippen LogP contribution in [0.3, 0.4) is 0 Å². The summed E-state index contributed by atoms with van der Waals surface area (Å²) in [6, 6.07) is 8.40. The molecule has 4 nitrogen and oxygen atoms in total. The number of rotatable bonds is 4. The minimum Gasteiger partial charge on any atom is -0.337 e. The third-order valence-corrected chi connectivity index (χ3v) is 4.52. The van der Waals surface area contributed by atoms with Crippen molar-refractivity contribution in [2.24, 2.45) is 0 Å². The van der Waals surface area contributed by atoms with Crippen LogP contribution < -0.4 is 15.5 Å². The summed E-state index contributed by atoms with van der Waals surface area (Å²) in [4.78, 5) is 13.6. The SMILES string of the molecule is CC[C@@H](C)c1ccc(NC(=O)NC2CC[NH+](C)CC2)cc1. The molecule has 1 atom stereocenters. The first-order valence-corrected chi connectivity index (χ1v) is 8.07. The van der Waals surface area contributed by atoms with E-state index in [4.69, 9.17) is 0 Å². The summed E-state index contributed by atoms with van der Waals surface area (Å²) in [7, 11) is 2.20. The number of hydrogen-bond acceptors (Lipinski definition) is 1. The van der Waals surface area contributed by atoms with E-state index in [0.717, 1.165) is 38.0 Å². The summed E-state index contributed by atoms with van der Waals surface area (Å²) >= 11 is 0. The second-order valence-electron chi connectivity index (χ2n) is 6.26. The molecule has 0 radical (unpaired) electrons. The van der Waals surface area contributed by atoms with Gasteiger partial charge in [-0.3, -0.25) is 0 Å². The Balaban J connectivity index is 1.82. The van der Waals surface area contributed by atoms with Gasteiger partial charge < -0.3 is 15.5 Å². The molecule has 2 amide bonds. The number of carbonyl (C=O) groups is 1. The molecule has 116 valence electrons. The highest BCUT2D eigenvalue weighted by Gasteiger charge is 2.20. The van der Waals surface area contributed by atoms with Crippen molar-refractivity contribution in [2.75, 3.05) is 25.5 Å². The third-order valence-electron chi connectivity index (χ3n) is 4.52. The minimum atomic E-state index is -0.0872. The van der Waals surface area contributed by atoms with E-state index in [1.807, 2.05) is 12.1 Å². The van der Waals surface area contributed by atoms with Gasteiger partial charge in [0.1, 0.15) is 0 Å². The zero-order chi connectivity index (χ0) is 15.2. The number of hydrogen-bond donors (Lipinski definition) is 3. The number of anilines is 1. The van der Waals surface area contributed by atoms with Crippen LogP contribution in [-0.2, 0) is 0 Å². The number of quaternary nitrogens is 1. The Morgan fingerprint density at radius 3 is 2.48 bits per heavy atom. The molecular formula is C17H28N3O+. The fraction of sp³-hybridized carbons (Fsp3) is 0.588. The Hall–Kier alpha value is -1.55. The Morgan fingerprint density at radius 1 is 1.29 bits per heavy atom. The summed E-state index contributed by atoms with van der Waals surface area (Å²) in [5.74, 6) is 0.564. The highest BCUT2D eigenvalue weighted by molar-refractivity contribution is 5.89. The molecule has 4 heteroatoms. The lowest BCUT2D eigenvalue weighted by molar-refractivity contribution is -0.884. The normalized spacial score (nSPS) is 23.4. The summed E-state index contributed by atoms with van der Waals surface area (Å²) in [6.07, 6.45) is 3.25. The lowest BCUT2D eigenvalue weighted by Gasteiger charge is -2.27. The van der Waals surface area contributed by atoms with Crippen LogP contribution >= 0.6 is 0 Å². The van der Waals surface area contributed by atoms with Gasteiger partial charge in [-0.1, -0.05) is 26.0 Å². The topological polar surface area (TPSA) is 45.6 Å². The summed E-state index contributed by atoms with van der Waals surface area (Å²) < 4.78 is 0. The van der Waals surface area contributed by atoms with Gasteiger partial charge in [0.15, 0.2) is 0 Å². The number of benzene rings is 1. The average Bonchev–Trinajstić information content (AvgIpc) is 2.49. The highest BCUT2D eigenvalue weighted by Crippen LogP contribution is 2.20. The van der Waals surface area contributed by atoms with Crippen molar-refractivity contribution in [3.63, 3.8) is 0 Å². The van der Waals surface area contributed by atoms with Crippen molar-refractivity contribution in [1.82, 2.24) is 5.32 Å². The molecule has 1 saturated heterocycles. The quantitative estimate of drug-likeness (QED) is 0.780. The molecule has 1 aromatic rings. The van der Waals surface area contributed by atoms with E-state index < -0.39 is 0 Å². The number of piperidine rings is 1. The van der Waals surface area contributed by atoms with Gasteiger partial charge in [-0.05, 0) is 30.0 Å². The molecule has 1 heterocycles. The number of carbonyl (C=O) groups excluding carboxylic acids is 1. The van der Waals surface area contributed by atoms with Crippen molar-refractivity contribution in [2.45, 2.75) is 45.1 Å². The molecule has 2 rings (SSSR count).